The van der Waals surface area contributed by atoms with Crippen LogP contribution in [0.2, 0.25) is 0 Å². The Hall–Kier alpha value is -3.67. The third-order valence-corrected chi connectivity index (χ3v) is 7.96. The van der Waals surface area contributed by atoms with E-state index in [0.717, 1.165) is 16.5 Å². The molecule has 0 aliphatic carbocycles. The van der Waals surface area contributed by atoms with Gasteiger partial charge in [-0.3, -0.25) is 0 Å². The number of hydrogen-bond donors (Lipinski definition) is 2. The van der Waals surface area contributed by atoms with Crippen molar-refractivity contribution in [2.45, 2.75) is 4.90 Å². The number of nitrogens with zero attached hydrogens (tertiary/aromatic N) is 3. The first-order valence-corrected chi connectivity index (χ1v) is 12.4. The Labute approximate surface area is 202 Å². The van der Waals surface area contributed by atoms with Crippen LogP contribution in [0.15, 0.2) is 53.8 Å². The Balaban J connectivity index is 1.57. The van der Waals surface area contributed by atoms with Gasteiger partial charge in [0.25, 0.3) is 0 Å². The molecule has 0 bridgehead atoms. The van der Waals surface area contributed by atoms with Crippen LogP contribution < -0.4 is 15.2 Å². The number of nitrogens with one attached hydrogen (secondary N) is 1. The van der Waals surface area contributed by atoms with Gasteiger partial charge in [-0.25, -0.2) is 18.4 Å². The van der Waals surface area contributed by atoms with Gasteiger partial charge in [-0.2, -0.15) is 4.31 Å². The highest BCUT2D eigenvalue weighted by atomic mass is 32.2. The van der Waals surface area contributed by atoms with Crippen LogP contribution in [0.1, 0.15) is 0 Å². The van der Waals surface area contributed by atoms with E-state index in [4.69, 9.17) is 19.9 Å². The number of aromatic nitrogens is 3. The minimum Gasteiger partial charge on any atom is -0.493 e. The van der Waals surface area contributed by atoms with E-state index >= 15 is 0 Å². The van der Waals surface area contributed by atoms with Crippen molar-refractivity contribution < 1.29 is 22.6 Å². The molecule has 0 amide bonds. The number of pyridine rings is 2. The molecule has 0 saturated carbocycles. The Morgan fingerprint density at radius 1 is 0.971 bits per heavy atom. The summed E-state index contributed by atoms with van der Waals surface area (Å²) in [5.41, 5.74) is 9.83. The first-order valence-electron chi connectivity index (χ1n) is 11.0. The van der Waals surface area contributed by atoms with E-state index in [0.29, 0.717) is 41.5 Å². The average molecular weight is 496 g/mol. The van der Waals surface area contributed by atoms with Crippen molar-refractivity contribution in [3.63, 3.8) is 0 Å². The fraction of sp³-hybridized carbons (Fsp3) is 0.250. The summed E-state index contributed by atoms with van der Waals surface area (Å²) in [6.45, 7) is 1.24. The van der Waals surface area contributed by atoms with E-state index in [2.05, 4.69) is 15.0 Å². The number of anilines is 1. The van der Waals surface area contributed by atoms with Gasteiger partial charge in [0.2, 0.25) is 10.0 Å². The molecule has 10 nitrogen and oxygen atoms in total. The lowest BCUT2D eigenvalue weighted by atomic mass is 10.0. The van der Waals surface area contributed by atoms with E-state index in [1.807, 2.05) is 30.5 Å². The molecule has 11 heteroatoms. The summed E-state index contributed by atoms with van der Waals surface area (Å²) < 4.78 is 43.9. The summed E-state index contributed by atoms with van der Waals surface area (Å²) in [5.74, 6) is 1.21. The zero-order chi connectivity index (χ0) is 24.6. The topological polar surface area (TPSA) is 133 Å². The van der Waals surface area contributed by atoms with Crippen molar-refractivity contribution in [2.75, 3.05) is 46.3 Å². The van der Waals surface area contributed by atoms with Crippen LogP contribution >= 0.6 is 0 Å². The molecule has 4 heterocycles. The summed E-state index contributed by atoms with van der Waals surface area (Å²) in [6, 6.07) is 9.18. The molecular weight excluding hydrogens is 470 g/mol. The summed E-state index contributed by atoms with van der Waals surface area (Å²) in [4.78, 5) is 11.9. The number of ether oxygens (including phenoxy) is 3. The standard InChI is InChI=1S/C24H25N5O5S/c1-32-20-4-3-15(10-21(20)33-2)19-14-28-24-18(19)9-16(13-27-24)17-11-22(23(25)26-12-17)35(30,31)29-5-7-34-8-6-29/h3-4,9-14H,5-8H2,1-2H3,(H2,25,26)(H,27,28). The number of methoxy groups -OCH3 is 2. The van der Waals surface area contributed by atoms with Crippen molar-refractivity contribution in [3.8, 4) is 33.8 Å². The number of nitrogens with two attached hydrogens (primary N) is 1. The molecule has 4 aromatic rings. The quantitative estimate of drug-likeness (QED) is 0.417. The van der Waals surface area contributed by atoms with Crippen molar-refractivity contribution in [1.82, 2.24) is 19.3 Å². The largest absolute Gasteiger partial charge is 0.493 e. The van der Waals surface area contributed by atoms with Gasteiger partial charge in [0.15, 0.2) is 11.5 Å². The predicted molar refractivity (Wildman–Crippen MR) is 132 cm³/mol. The number of aromatic amines is 1. The lowest BCUT2D eigenvalue weighted by Crippen LogP contribution is -2.40. The van der Waals surface area contributed by atoms with E-state index in [1.165, 1.54) is 4.31 Å². The van der Waals surface area contributed by atoms with Crippen LogP contribution in [0.3, 0.4) is 0 Å². The van der Waals surface area contributed by atoms with Gasteiger partial charge in [0.05, 0.1) is 27.4 Å². The first-order chi connectivity index (χ1) is 16.9. The molecule has 182 valence electrons. The zero-order valence-corrected chi connectivity index (χ0v) is 20.1. The normalized spacial score (nSPS) is 14.8. The molecule has 0 unspecified atom stereocenters. The smallest absolute Gasteiger partial charge is 0.246 e. The fourth-order valence-electron chi connectivity index (χ4n) is 4.15. The lowest BCUT2D eigenvalue weighted by molar-refractivity contribution is 0.0730. The molecule has 1 aliphatic rings. The van der Waals surface area contributed by atoms with Crippen LogP contribution in [-0.4, -0.2) is 68.2 Å². The summed E-state index contributed by atoms with van der Waals surface area (Å²) in [7, 11) is -0.626. The van der Waals surface area contributed by atoms with Crippen molar-refractivity contribution >= 4 is 26.9 Å². The van der Waals surface area contributed by atoms with Gasteiger partial charge in [-0.05, 0) is 29.8 Å². The van der Waals surface area contributed by atoms with E-state index in [1.54, 1.807) is 32.7 Å². The molecule has 1 aliphatic heterocycles. The molecule has 1 aromatic carbocycles. The number of nitrogen functional groups attached to an aromatic ring is 1. The first kappa shape index (κ1) is 23.1. The van der Waals surface area contributed by atoms with Gasteiger partial charge in [0.1, 0.15) is 16.4 Å². The number of H-pyrrole nitrogens is 1. The van der Waals surface area contributed by atoms with E-state index in [-0.39, 0.29) is 23.8 Å². The minimum absolute atomic E-state index is 0.0221. The molecule has 1 saturated heterocycles. The van der Waals surface area contributed by atoms with E-state index in [9.17, 15) is 8.42 Å². The molecule has 3 N–H and O–H groups in total. The number of sulfonamides is 1. The average Bonchev–Trinajstić information content (AvgIpc) is 3.32. The van der Waals surface area contributed by atoms with Crippen molar-refractivity contribution in [3.05, 3.63) is 48.9 Å². The summed E-state index contributed by atoms with van der Waals surface area (Å²) in [6.07, 6.45) is 5.10. The molecule has 0 atom stereocenters. The summed E-state index contributed by atoms with van der Waals surface area (Å²) >= 11 is 0. The lowest BCUT2D eigenvalue weighted by Gasteiger charge is -2.26. The number of benzene rings is 1. The molecule has 5 rings (SSSR count). The number of hydrogen-bond acceptors (Lipinski definition) is 8. The molecule has 3 aromatic heterocycles. The Kier molecular flexibility index (Phi) is 6.05. The van der Waals surface area contributed by atoms with Crippen molar-refractivity contribution in [2.24, 2.45) is 0 Å². The van der Waals surface area contributed by atoms with Gasteiger partial charge < -0.3 is 24.9 Å². The second kappa shape index (κ2) is 9.17. The van der Waals surface area contributed by atoms with Gasteiger partial charge in [-0.1, -0.05) is 6.07 Å². The maximum atomic E-state index is 13.2. The Morgan fingerprint density at radius 2 is 1.69 bits per heavy atom. The highest BCUT2D eigenvalue weighted by molar-refractivity contribution is 7.89. The van der Waals surface area contributed by atoms with Gasteiger partial charge >= 0.3 is 0 Å². The van der Waals surface area contributed by atoms with Crippen LogP contribution in [0.5, 0.6) is 11.5 Å². The number of morpholine rings is 1. The van der Waals surface area contributed by atoms with Gasteiger partial charge in [-0.15, -0.1) is 0 Å². The predicted octanol–water partition coefficient (Wildman–Crippen LogP) is 2.91. The monoisotopic (exact) mass is 495 g/mol. The third-order valence-electron chi connectivity index (χ3n) is 6.03. The SMILES string of the molecule is COc1ccc(-c2c[nH]c3ncc(-c4cnc(N)c(S(=O)(=O)N5CCOCC5)c4)cc23)cc1OC. The highest BCUT2D eigenvalue weighted by Gasteiger charge is 2.29. The third kappa shape index (κ3) is 4.18. The van der Waals surface area contributed by atoms with E-state index < -0.39 is 10.0 Å². The Bertz CT molecular complexity index is 1500. The fourth-order valence-corrected chi connectivity index (χ4v) is 5.65. The maximum Gasteiger partial charge on any atom is 0.246 e. The van der Waals surface area contributed by atoms with Crippen LogP contribution in [0.4, 0.5) is 5.82 Å². The summed E-state index contributed by atoms with van der Waals surface area (Å²) in [5, 5.41) is 0.865. The van der Waals surface area contributed by atoms with Crippen LogP contribution in [0.25, 0.3) is 33.3 Å². The van der Waals surface area contributed by atoms with Crippen LogP contribution in [-0.2, 0) is 14.8 Å². The second-order valence-corrected chi connectivity index (χ2v) is 9.92. The second-order valence-electron chi connectivity index (χ2n) is 8.02. The molecule has 35 heavy (non-hydrogen) atoms. The number of rotatable bonds is 6. The molecule has 1 fully saturated rings. The van der Waals surface area contributed by atoms with Crippen molar-refractivity contribution in [1.29, 1.82) is 0 Å². The zero-order valence-electron chi connectivity index (χ0n) is 19.3. The molecule has 0 spiro atoms. The molecule has 0 radical (unpaired) electrons. The minimum atomic E-state index is -3.81. The highest BCUT2D eigenvalue weighted by Crippen LogP contribution is 2.36. The van der Waals surface area contributed by atoms with Crippen LogP contribution in [0, 0.1) is 0 Å². The Morgan fingerprint density at radius 3 is 2.43 bits per heavy atom. The molecular formula is C24H25N5O5S. The van der Waals surface area contributed by atoms with Gasteiger partial charge in [0, 0.05) is 53.8 Å². The number of fused-ring (bicyclic) bond motifs is 1. The maximum absolute atomic E-state index is 13.2.